The van der Waals surface area contributed by atoms with Crippen LogP contribution >= 0.6 is 11.3 Å². The van der Waals surface area contributed by atoms with E-state index in [0.717, 1.165) is 16.5 Å². The molecule has 0 bridgehead atoms. The predicted octanol–water partition coefficient (Wildman–Crippen LogP) is 3.78. The molecule has 3 aromatic rings. The van der Waals surface area contributed by atoms with Gasteiger partial charge in [0.15, 0.2) is 0 Å². The van der Waals surface area contributed by atoms with E-state index in [1.807, 2.05) is 36.6 Å². The zero-order valence-corrected chi connectivity index (χ0v) is 11.5. The lowest BCUT2D eigenvalue weighted by Crippen LogP contribution is -2.00. The largest absolute Gasteiger partial charge is 0.495 e. The fraction of sp³-hybridized carbons (Fsp3) is 0.133. The van der Waals surface area contributed by atoms with Crippen molar-refractivity contribution in [1.82, 2.24) is 4.98 Å². The number of fused-ring (bicyclic) bond motifs is 1. The van der Waals surface area contributed by atoms with Gasteiger partial charge in [-0.25, -0.2) is 0 Å². The fourth-order valence-electron chi connectivity index (χ4n) is 2.29. The number of benzene rings is 1. The third-order valence-electron chi connectivity index (χ3n) is 3.21. The molecule has 0 radical (unpaired) electrons. The Balaban J connectivity index is 2.17. The highest BCUT2D eigenvalue weighted by Gasteiger charge is 2.20. The zero-order chi connectivity index (χ0) is 13.4. The van der Waals surface area contributed by atoms with E-state index in [0.29, 0.717) is 16.2 Å². The molecule has 1 N–H and O–H groups in total. The van der Waals surface area contributed by atoms with Crippen molar-refractivity contribution in [3.05, 3.63) is 51.8 Å². The lowest BCUT2D eigenvalue weighted by atomic mass is 10.0. The second kappa shape index (κ2) is 4.55. The van der Waals surface area contributed by atoms with Crippen molar-refractivity contribution in [2.24, 2.45) is 0 Å². The normalized spacial score (nSPS) is 10.8. The van der Waals surface area contributed by atoms with Crippen LogP contribution in [0.15, 0.2) is 35.8 Å². The molecule has 0 aliphatic carbocycles. The van der Waals surface area contributed by atoms with Crippen molar-refractivity contribution in [1.29, 1.82) is 0 Å². The van der Waals surface area contributed by atoms with E-state index in [1.54, 1.807) is 13.3 Å². The van der Waals surface area contributed by atoms with Gasteiger partial charge in [0, 0.05) is 22.7 Å². The molecule has 0 unspecified atom stereocenters. The van der Waals surface area contributed by atoms with Gasteiger partial charge in [-0.15, -0.1) is 11.3 Å². The summed E-state index contributed by atoms with van der Waals surface area (Å²) in [7, 11) is 1.58. The molecule has 0 aliphatic rings. The SMILES string of the molecule is COc1ccsc1C(=O)c1c[nH]c2cccc(C)c12. The Morgan fingerprint density at radius 1 is 1.32 bits per heavy atom. The van der Waals surface area contributed by atoms with Crippen molar-refractivity contribution in [3.8, 4) is 5.75 Å². The average Bonchev–Trinajstić information content (AvgIpc) is 3.05. The van der Waals surface area contributed by atoms with Crippen molar-refractivity contribution >= 4 is 28.0 Å². The van der Waals surface area contributed by atoms with Crippen LogP contribution < -0.4 is 4.74 Å². The lowest BCUT2D eigenvalue weighted by molar-refractivity contribution is 0.104. The molecule has 0 aliphatic heterocycles. The van der Waals surface area contributed by atoms with Gasteiger partial charge in [0.1, 0.15) is 10.6 Å². The molecule has 96 valence electrons. The summed E-state index contributed by atoms with van der Waals surface area (Å²) >= 11 is 1.41. The Morgan fingerprint density at radius 2 is 2.16 bits per heavy atom. The Kier molecular flexibility index (Phi) is 2.87. The van der Waals surface area contributed by atoms with Crippen LogP contribution in [0.1, 0.15) is 20.8 Å². The monoisotopic (exact) mass is 271 g/mol. The number of hydrogen-bond acceptors (Lipinski definition) is 3. The van der Waals surface area contributed by atoms with E-state index in [1.165, 1.54) is 11.3 Å². The Labute approximate surface area is 114 Å². The van der Waals surface area contributed by atoms with Gasteiger partial charge < -0.3 is 9.72 Å². The topological polar surface area (TPSA) is 42.1 Å². The summed E-state index contributed by atoms with van der Waals surface area (Å²) in [5.41, 5.74) is 2.78. The first-order valence-corrected chi connectivity index (χ1v) is 6.83. The highest BCUT2D eigenvalue weighted by Crippen LogP contribution is 2.30. The molecule has 2 heterocycles. The molecule has 0 spiro atoms. The minimum absolute atomic E-state index is 0.00685. The number of aryl methyl sites for hydroxylation is 1. The van der Waals surface area contributed by atoms with Gasteiger partial charge in [-0.2, -0.15) is 0 Å². The predicted molar refractivity (Wildman–Crippen MR) is 77.3 cm³/mol. The number of ketones is 1. The molecule has 0 saturated heterocycles. The van der Waals surface area contributed by atoms with Gasteiger partial charge in [0.25, 0.3) is 0 Å². The number of ether oxygens (including phenoxy) is 1. The van der Waals surface area contributed by atoms with Crippen LogP contribution in [0.5, 0.6) is 5.75 Å². The minimum Gasteiger partial charge on any atom is -0.495 e. The first-order chi connectivity index (χ1) is 9.22. The smallest absolute Gasteiger partial charge is 0.208 e. The first-order valence-electron chi connectivity index (χ1n) is 5.95. The van der Waals surface area contributed by atoms with E-state index in [2.05, 4.69) is 4.98 Å². The van der Waals surface area contributed by atoms with Crippen LogP contribution in [0.4, 0.5) is 0 Å². The number of aromatic amines is 1. The maximum Gasteiger partial charge on any atom is 0.208 e. The lowest BCUT2D eigenvalue weighted by Gasteiger charge is -2.02. The number of carbonyl (C=O) groups excluding carboxylic acids is 1. The number of aromatic nitrogens is 1. The van der Waals surface area contributed by atoms with Gasteiger partial charge >= 0.3 is 0 Å². The molecule has 3 nitrogen and oxygen atoms in total. The molecule has 0 amide bonds. The van der Waals surface area contributed by atoms with Crippen LogP contribution in [0, 0.1) is 6.92 Å². The van der Waals surface area contributed by atoms with Crippen LogP contribution in [0.2, 0.25) is 0 Å². The van der Waals surface area contributed by atoms with Crippen LogP contribution in [0.25, 0.3) is 10.9 Å². The summed E-state index contributed by atoms with van der Waals surface area (Å²) in [6.07, 6.45) is 1.78. The summed E-state index contributed by atoms with van der Waals surface area (Å²) in [5.74, 6) is 0.644. The van der Waals surface area contributed by atoms with Gasteiger partial charge in [-0.3, -0.25) is 4.79 Å². The number of H-pyrrole nitrogens is 1. The molecular weight excluding hydrogens is 258 g/mol. The molecule has 4 heteroatoms. The van der Waals surface area contributed by atoms with Gasteiger partial charge in [-0.1, -0.05) is 12.1 Å². The van der Waals surface area contributed by atoms with E-state index in [4.69, 9.17) is 4.74 Å². The third kappa shape index (κ3) is 1.85. The number of methoxy groups -OCH3 is 1. The standard InChI is InChI=1S/C15H13NO2S/c1-9-4-3-5-11-13(9)10(8-16-11)14(17)15-12(18-2)6-7-19-15/h3-8,16H,1-2H3. The Hall–Kier alpha value is -2.07. The molecule has 0 atom stereocenters. The van der Waals surface area contributed by atoms with E-state index in [-0.39, 0.29) is 5.78 Å². The number of carbonyl (C=O) groups is 1. The number of hydrogen-bond donors (Lipinski definition) is 1. The molecular formula is C15H13NO2S. The second-order valence-electron chi connectivity index (χ2n) is 4.35. The van der Waals surface area contributed by atoms with E-state index in [9.17, 15) is 4.79 Å². The summed E-state index contributed by atoms with van der Waals surface area (Å²) in [6.45, 7) is 2.01. The van der Waals surface area contributed by atoms with E-state index < -0.39 is 0 Å². The highest BCUT2D eigenvalue weighted by molar-refractivity contribution is 7.12. The molecule has 2 aromatic heterocycles. The van der Waals surface area contributed by atoms with Gasteiger partial charge in [0.2, 0.25) is 5.78 Å². The molecule has 1 aromatic carbocycles. The maximum atomic E-state index is 12.6. The van der Waals surface area contributed by atoms with Crippen LogP contribution in [-0.2, 0) is 0 Å². The molecule has 0 fully saturated rings. The molecule has 3 rings (SSSR count). The van der Waals surface area contributed by atoms with Gasteiger partial charge in [0.05, 0.1) is 7.11 Å². The summed E-state index contributed by atoms with van der Waals surface area (Å²) < 4.78 is 5.23. The Bertz CT molecular complexity index is 754. The van der Waals surface area contributed by atoms with Crippen molar-refractivity contribution in [2.75, 3.05) is 7.11 Å². The summed E-state index contributed by atoms with van der Waals surface area (Å²) in [5, 5.41) is 2.86. The second-order valence-corrected chi connectivity index (χ2v) is 5.26. The fourth-order valence-corrected chi connectivity index (χ4v) is 3.11. The third-order valence-corrected chi connectivity index (χ3v) is 4.11. The summed E-state index contributed by atoms with van der Waals surface area (Å²) in [4.78, 5) is 16.4. The minimum atomic E-state index is 0.00685. The highest BCUT2D eigenvalue weighted by atomic mass is 32.1. The van der Waals surface area contributed by atoms with Crippen LogP contribution in [-0.4, -0.2) is 17.9 Å². The zero-order valence-electron chi connectivity index (χ0n) is 10.7. The first kappa shape index (κ1) is 12.0. The van der Waals surface area contributed by atoms with E-state index >= 15 is 0 Å². The van der Waals surface area contributed by atoms with Gasteiger partial charge in [-0.05, 0) is 30.0 Å². The quantitative estimate of drug-likeness (QED) is 0.737. The number of rotatable bonds is 3. The van der Waals surface area contributed by atoms with Crippen molar-refractivity contribution in [3.63, 3.8) is 0 Å². The van der Waals surface area contributed by atoms with Crippen molar-refractivity contribution in [2.45, 2.75) is 6.92 Å². The summed E-state index contributed by atoms with van der Waals surface area (Å²) in [6, 6.07) is 7.79. The van der Waals surface area contributed by atoms with Crippen LogP contribution in [0.3, 0.4) is 0 Å². The Morgan fingerprint density at radius 3 is 2.95 bits per heavy atom. The maximum absolute atomic E-state index is 12.6. The number of nitrogens with one attached hydrogen (secondary N) is 1. The van der Waals surface area contributed by atoms with Crippen molar-refractivity contribution < 1.29 is 9.53 Å². The number of thiophene rings is 1. The molecule has 19 heavy (non-hydrogen) atoms. The average molecular weight is 271 g/mol. The molecule has 0 saturated carbocycles.